The third-order valence-electron chi connectivity index (χ3n) is 3.58. The molecule has 23 heavy (non-hydrogen) atoms. The van der Waals surface area contributed by atoms with Crippen molar-refractivity contribution in [2.75, 3.05) is 25.1 Å². The van der Waals surface area contributed by atoms with Crippen LogP contribution >= 0.6 is 11.3 Å². The molecule has 1 amide bonds. The number of hydrogen-bond donors (Lipinski definition) is 1. The fourth-order valence-electron chi connectivity index (χ4n) is 2.41. The molecule has 0 atom stereocenters. The van der Waals surface area contributed by atoms with Crippen LogP contribution in [-0.4, -0.2) is 41.1 Å². The molecule has 1 N–H and O–H groups in total. The Morgan fingerprint density at radius 2 is 2.13 bits per heavy atom. The van der Waals surface area contributed by atoms with E-state index in [1.165, 1.54) is 18.4 Å². The van der Waals surface area contributed by atoms with Crippen LogP contribution < -0.4 is 15.0 Å². The van der Waals surface area contributed by atoms with Gasteiger partial charge in [-0.3, -0.25) is 4.79 Å². The van der Waals surface area contributed by atoms with Crippen LogP contribution in [0.15, 0.2) is 11.4 Å². The van der Waals surface area contributed by atoms with Gasteiger partial charge in [0.2, 0.25) is 5.95 Å². The first-order chi connectivity index (χ1) is 11.2. The van der Waals surface area contributed by atoms with Gasteiger partial charge in [0, 0.05) is 13.1 Å². The molecule has 0 spiro atoms. The van der Waals surface area contributed by atoms with Gasteiger partial charge in [-0.15, -0.1) is 11.3 Å². The van der Waals surface area contributed by atoms with Crippen LogP contribution in [0, 0.1) is 6.92 Å². The van der Waals surface area contributed by atoms with Crippen LogP contribution in [0.3, 0.4) is 0 Å². The minimum absolute atomic E-state index is 0.120. The molecule has 8 heteroatoms. The van der Waals surface area contributed by atoms with Gasteiger partial charge in [-0.05, 0) is 36.8 Å². The lowest BCUT2D eigenvalue weighted by Crippen LogP contribution is -2.25. The van der Waals surface area contributed by atoms with E-state index in [1.54, 1.807) is 0 Å². The first-order valence-electron chi connectivity index (χ1n) is 7.53. The summed E-state index contributed by atoms with van der Waals surface area (Å²) in [7, 11) is 1.53. The maximum absolute atomic E-state index is 12.1. The molecule has 1 aliphatic rings. The highest BCUT2D eigenvalue weighted by Crippen LogP contribution is 2.18. The van der Waals surface area contributed by atoms with Gasteiger partial charge in [-0.1, -0.05) is 0 Å². The molecule has 0 radical (unpaired) electrons. The first-order valence-corrected chi connectivity index (χ1v) is 8.41. The van der Waals surface area contributed by atoms with Gasteiger partial charge in [-0.2, -0.15) is 15.0 Å². The fraction of sp³-hybridized carbons (Fsp3) is 0.467. The van der Waals surface area contributed by atoms with Gasteiger partial charge < -0.3 is 15.0 Å². The summed E-state index contributed by atoms with van der Waals surface area (Å²) in [6, 6.07) is 2.14. The van der Waals surface area contributed by atoms with E-state index in [9.17, 15) is 4.79 Å². The molecule has 3 rings (SSSR count). The number of anilines is 1. The van der Waals surface area contributed by atoms with Crippen LogP contribution in [0.25, 0.3) is 0 Å². The average Bonchev–Trinajstić information content (AvgIpc) is 3.23. The maximum Gasteiger partial charge on any atom is 0.321 e. The second kappa shape index (κ2) is 6.91. The number of hydrogen-bond acceptors (Lipinski definition) is 7. The highest BCUT2D eigenvalue weighted by molar-refractivity contribution is 7.12. The summed E-state index contributed by atoms with van der Waals surface area (Å²) < 4.78 is 5.15. The Morgan fingerprint density at radius 1 is 1.35 bits per heavy atom. The number of methoxy groups -OCH3 is 1. The molecule has 1 fully saturated rings. The fourth-order valence-corrected chi connectivity index (χ4v) is 3.23. The van der Waals surface area contributed by atoms with E-state index >= 15 is 0 Å². The Hall–Kier alpha value is -2.22. The number of amides is 1. The predicted octanol–water partition coefficient (Wildman–Crippen LogP) is 1.78. The second-order valence-electron chi connectivity index (χ2n) is 5.40. The quantitative estimate of drug-likeness (QED) is 0.898. The van der Waals surface area contributed by atoms with Crippen LogP contribution in [-0.2, 0) is 6.54 Å². The molecule has 3 heterocycles. The summed E-state index contributed by atoms with van der Waals surface area (Å²) in [5, 5.41) is 4.79. The second-order valence-corrected chi connectivity index (χ2v) is 6.31. The van der Waals surface area contributed by atoms with Crippen molar-refractivity contribution in [3.63, 3.8) is 0 Å². The molecule has 0 saturated carbocycles. The van der Waals surface area contributed by atoms with Crippen molar-refractivity contribution in [3.05, 3.63) is 27.7 Å². The molecular formula is C15H19N5O2S. The normalized spacial score (nSPS) is 14.1. The lowest BCUT2D eigenvalue weighted by molar-refractivity contribution is 0.0953. The summed E-state index contributed by atoms with van der Waals surface area (Å²) in [4.78, 5) is 27.9. The van der Waals surface area contributed by atoms with Gasteiger partial charge in [0.05, 0.1) is 18.5 Å². The number of thiophene rings is 1. The van der Waals surface area contributed by atoms with E-state index in [1.807, 2.05) is 18.4 Å². The first kappa shape index (κ1) is 15.7. The van der Waals surface area contributed by atoms with Crippen molar-refractivity contribution >= 4 is 23.2 Å². The lowest BCUT2D eigenvalue weighted by Gasteiger charge is -2.16. The van der Waals surface area contributed by atoms with Gasteiger partial charge >= 0.3 is 6.01 Å². The van der Waals surface area contributed by atoms with E-state index in [-0.39, 0.29) is 18.5 Å². The molecule has 2 aromatic rings. The van der Waals surface area contributed by atoms with Crippen molar-refractivity contribution in [2.24, 2.45) is 0 Å². The van der Waals surface area contributed by atoms with E-state index in [2.05, 4.69) is 25.2 Å². The third-order valence-corrected chi connectivity index (χ3v) is 4.63. The summed E-state index contributed by atoms with van der Waals surface area (Å²) in [6.07, 6.45) is 2.27. The Morgan fingerprint density at radius 3 is 2.78 bits per heavy atom. The van der Waals surface area contributed by atoms with Gasteiger partial charge in [0.15, 0.2) is 5.82 Å². The van der Waals surface area contributed by atoms with E-state index in [0.29, 0.717) is 16.6 Å². The van der Waals surface area contributed by atoms with E-state index in [4.69, 9.17) is 4.74 Å². The number of aryl methyl sites for hydroxylation is 1. The number of nitrogens with one attached hydrogen (secondary N) is 1. The molecule has 0 aromatic carbocycles. The number of ether oxygens (including phenoxy) is 1. The minimum Gasteiger partial charge on any atom is -0.467 e. The zero-order valence-corrected chi connectivity index (χ0v) is 14.0. The molecule has 0 bridgehead atoms. The highest BCUT2D eigenvalue weighted by atomic mass is 32.1. The molecule has 122 valence electrons. The van der Waals surface area contributed by atoms with Crippen molar-refractivity contribution < 1.29 is 9.53 Å². The van der Waals surface area contributed by atoms with E-state index < -0.39 is 0 Å². The number of nitrogens with zero attached hydrogens (tertiary/aromatic N) is 4. The minimum atomic E-state index is -0.120. The molecule has 7 nitrogen and oxygen atoms in total. The summed E-state index contributed by atoms with van der Waals surface area (Å²) in [5.41, 5.74) is 1.08. The number of aromatic nitrogens is 3. The monoisotopic (exact) mass is 333 g/mol. The molecule has 0 unspecified atom stereocenters. The standard InChI is InChI=1S/C15H19N5O2S/c1-10-7-11(23-9-10)13(21)16-8-12-17-14(19-15(18-12)22-2)20-5-3-4-6-20/h7,9H,3-6,8H2,1-2H3,(H,16,21). The topological polar surface area (TPSA) is 80.2 Å². The van der Waals surface area contributed by atoms with Crippen LogP contribution in [0.4, 0.5) is 5.95 Å². The number of carbonyl (C=O) groups excluding carboxylic acids is 1. The Labute approximate surface area is 138 Å². The molecule has 2 aromatic heterocycles. The molecular weight excluding hydrogens is 314 g/mol. The Balaban J connectivity index is 1.71. The molecule has 0 aliphatic carbocycles. The number of rotatable bonds is 5. The van der Waals surface area contributed by atoms with E-state index in [0.717, 1.165) is 31.5 Å². The van der Waals surface area contributed by atoms with Crippen LogP contribution in [0.2, 0.25) is 0 Å². The van der Waals surface area contributed by atoms with Crippen molar-refractivity contribution in [3.8, 4) is 6.01 Å². The summed E-state index contributed by atoms with van der Waals surface area (Å²) in [6.45, 7) is 4.09. The zero-order chi connectivity index (χ0) is 16.2. The molecule has 1 saturated heterocycles. The SMILES string of the molecule is COc1nc(CNC(=O)c2cc(C)cs2)nc(N2CCCC2)n1. The highest BCUT2D eigenvalue weighted by Gasteiger charge is 2.18. The van der Waals surface area contributed by atoms with Crippen molar-refractivity contribution in [2.45, 2.75) is 26.3 Å². The number of carbonyl (C=O) groups is 1. The van der Waals surface area contributed by atoms with Crippen LogP contribution in [0.5, 0.6) is 6.01 Å². The smallest absolute Gasteiger partial charge is 0.321 e. The Bertz CT molecular complexity index is 697. The van der Waals surface area contributed by atoms with Crippen molar-refractivity contribution in [1.29, 1.82) is 0 Å². The van der Waals surface area contributed by atoms with Gasteiger partial charge in [-0.25, -0.2) is 0 Å². The Kier molecular flexibility index (Phi) is 4.71. The summed E-state index contributed by atoms with van der Waals surface area (Å²) >= 11 is 1.43. The maximum atomic E-state index is 12.1. The van der Waals surface area contributed by atoms with Crippen LogP contribution in [0.1, 0.15) is 33.9 Å². The summed E-state index contributed by atoms with van der Waals surface area (Å²) in [5.74, 6) is 0.996. The average molecular weight is 333 g/mol. The van der Waals surface area contributed by atoms with Gasteiger partial charge in [0.25, 0.3) is 5.91 Å². The lowest BCUT2D eigenvalue weighted by atomic mass is 10.3. The third kappa shape index (κ3) is 3.76. The molecule has 1 aliphatic heterocycles. The van der Waals surface area contributed by atoms with Gasteiger partial charge in [0.1, 0.15) is 0 Å². The largest absolute Gasteiger partial charge is 0.467 e. The van der Waals surface area contributed by atoms with Crippen molar-refractivity contribution in [1.82, 2.24) is 20.3 Å². The zero-order valence-electron chi connectivity index (χ0n) is 13.2. The predicted molar refractivity (Wildman–Crippen MR) is 88.1 cm³/mol.